The fourth-order valence-corrected chi connectivity index (χ4v) is 0.606. The van der Waals surface area contributed by atoms with Gasteiger partial charge in [0, 0.05) is 0 Å². The van der Waals surface area contributed by atoms with Crippen LogP contribution in [0.2, 0.25) is 0 Å². The summed E-state index contributed by atoms with van der Waals surface area (Å²) in [5.41, 5.74) is -0.530. The molecule has 0 aliphatic heterocycles. The average molecular weight is 157 g/mol. The highest BCUT2D eigenvalue weighted by Crippen LogP contribution is 2.18. The minimum atomic E-state index is -1.44. The summed E-state index contributed by atoms with van der Waals surface area (Å²) in [6.07, 6.45) is 0.960. The molecule has 1 rings (SSSR count). The van der Waals surface area contributed by atoms with Gasteiger partial charge < -0.3 is 9.52 Å². The van der Waals surface area contributed by atoms with E-state index in [1.54, 1.807) is 0 Å². The first-order valence-electron chi connectivity index (χ1n) is 2.58. The maximum atomic E-state index is 10.2. The van der Waals surface area contributed by atoms with Gasteiger partial charge in [0.05, 0.1) is 17.3 Å². The maximum absolute atomic E-state index is 10.2. The Kier molecular flexibility index (Phi) is 1.59. The summed E-state index contributed by atoms with van der Waals surface area (Å²) in [6, 6.07) is 0.990. The second-order valence-electron chi connectivity index (χ2n) is 1.70. The van der Waals surface area contributed by atoms with Crippen molar-refractivity contribution in [2.45, 2.75) is 0 Å². The lowest BCUT2D eigenvalue weighted by Gasteiger charge is -1.85. The van der Waals surface area contributed by atoms with E-state index in [0.29, 0.717) is 0 Å². The van der Waals surface area contributed by atoms with Crippen LogP contribution in [0.5, 0.6) is 0 Å². The molecule has 0 atom stereocenters. The van der Waals surface area contributed by atoms with Gasteiger partial charge in [-0.15, -0.1) is 0 Å². The molecule has 0 amide bonds. The third-order valence-electron chi connectivity index (χ3n) is 1.04. The minimum absolute atomic E-state index is 0.530. The van der Waals surface area contributed by atoms with Crippen molar-refractivity contribution in [3.63, 3.8) is 0 Å². The molecule has 0 aliphatic rings. The van der Waals surface area contributed by atoms with Gasteiger partial charge in [0.25, 0.3) is 5.76 Å². The lowest BCUT2D eigenvalue weighted by Crippen LogP contribution is -1.98. The van der Waals surface area contributed by atoms with Gasteiger partial charge >= 0.3 is 11.7 Å². The smallest absolute Gasteiger partial charge is 0.379 e. The highest BCUT2D eigenvalue weighted by Gasteiger charge is 2.22. The molecule has 6 heteroatoms. The third-order valence-corrected chi connectivity index (χ3v) is 1.04. The monoisotopic (exact) mass is 157 g/mol. The average Bonchev–Trinajstić information content (AvgIpc) is 2.32. The van der Waals surface area contributed by atoms with Gasteiger partial charge in [-0.25, -0.2) is 4.79 Å². The van der Waals surface area contributed by atoms with Crippen LogP contribution in [0.3, 0.4) is 0 Å². The van der Waals surface area contributed by atoms with E-state index in [1.807, 2.05) is 0 Å². The van der Waals surface area contributed by atoms with E-state index in [2.05, 4.69) is 4.42 Å². The molecular weight excluding hydrogens is 154 g/mol. The maximum Gasteiger partial charge on any atom is 0.379 e. The Morgan fingerprint density at radius 2 is 2.36 bits per heavy atom. The number of hydrogen-bond acceptors (Lipinski definition) is 4. The quantitative estimate of drug-likeness (QED) is 0.508. The fourth-order valence-electron chi connectivity index (χ4n) is 0.606. The molecule has 6 nitrogen and oxygen atoms in total. The Hall–Kier alpha value is -1.85. The molecule has 0 saturated carbocycles. The zero-order valence-electron chi connectivity index (χ0n) is 5.18. The van der Waals surface area contributed by atoms with Crippen molar-refractivity contribution in [3.8, 4) is 0 Å². The molecule has 0 bridgehead atoms. The summed E-state index contributed by atoms with van der Waals surface area (Å²) < 4.78 is 4.35. The van der Waals surface area contributed by atoms with E-state index in [-0.39, 0.29) is 0 Å². The number of carboxylic acids is 1. The van der Waals surface area contributed by atoms with Gasteiger partial charge in [-0.1, -0.05) is 0 Å². The van der Waals surface area contributed by atoms with E-state index in [0.717, 1.165) is 12.3 Å². The van der Waals surface area contributed by atoms with Crippen molar-refractivity contribution >= 4 is 11.7 Å². The minimum Gasteiger partial charge on any atom is -0.475 e. The molecule has 1 aromatic rings. The van der Waals surface area contributed by atoms with Crippen LogP contribution in [-0.4, -0.2) is 16.0 Å². The summed E-state index contributed by atoms with van der Waals surface area (Å²) in [4.78, 5) is 19.4. The van der Waals surface area contributed by atoms with Crippen LogP contribution in [-0.2, 0) is 0 Å². The fraction of sp³-hybridized carbons (Fsp3) is 0. The molecule has 1 N–H and O–H groups in total. The summed E-state index contributed by atoms with van der Waals surface area (Å²) in [5.74, 6) is -2.09. The topological polar surface area (TPSA) is 93.6 Å². The van der Waals surface area contributed by atoms with Gasteiger partial charge in [0.15, 0.2) is 0 Å². The normalized spacial score (nSPS) is 9.45. The predicted octanol–water partition coefficient (Wildman–Crippen LogP) is 0.886. The molecule has 1 heterocycles. The van der Waals surface area contributed by atoms with Gasteiger partial charge in [-0.3, -0.25) is 10.1 Å². The number of carbonyl (C=O) groups is 1. The first kappa shape index (κ1) is 7.26. The summed E-state index contributed by atoms with van der Waals surface area (Å²) in [6.45, 7) is 0. The Balaban J connectivity index is 3.16. The van der Waals surface area contributed by atoms with Gasteiger partial charge in [0.1, 0.15) is 0 Å². The van der Waals surface area contributed by atoms with Crippen LogP contribution in [0, 0.1) is 10.1 Å². The van der Waals surface area contributed by atoms with E-state index in [4.69, 9.17) is 5.11 Å². The number of nitro groups is 1. The standard InChI is InChI=1S/C5H3NO5/c7-5(8)4-3(6(9)10)1-2-11-4/h1-2H,(H,7,8). The Morgan fingerprint density at radius 3 is 2.73 bits per heavy atom. The summed E-state index contributed by atoms with van der Waals surface area (Å²) >= 11 is 0. The number of carboxylic acid groups (broad SMARTS) is 1. The lowest BCUT2D eigenvalue weighted by atomic mass is 10.4. The van der Waals surface area contributed by atoms with Crippen LogP contribution >= 0.6 is 0 Å². The van der Waals surface area contributed by atoms with Crippen molar-refractivity contribution in [2.75, 3.05) is 0 Å². The molecule has 0 aliphatic carbocycles. The molecule has 0 radical (unpaired) electrons. The number of hydrogen-bond donors (Lipinski definition) is 1. The molecule has 11 heavy (non-hydrogen) atoms. The van der Waals surface area contributed by atoms with Crippen LogP contribution in [0.25, 0.3) is 0 Å². The van der Waals surface area contributed by atoms with Crippen LogP contribution in [0.4, 0.5) is 5.69 Å². The van der Waals surface area contributed by atoms with E-state index < -0.39 is 22.3 Å². The highest BCUT2D eigenvalue weighted by molar-refractivity contribution is 5.88. The molecule has 0 saturated heterocycles. The second kappa shape index (κ2) is 2.41. The Bertz CT molecular complexity index is 273. The lowest BCUT2D eigenvalue weighted by molar-refractivity contribution is -0.385. The van der Waals surface area contributed by atoms with Crippen molar-refractivity contribution in [3.05, 3.63) is 28.2 Å². The summed E-state index contributed by atoms with van der Waals surface area (Å²) in [5, 5.41) is 18.4. The van der Waals surface area contributed by atoms with Crippen LogP contribution in [0.15, 0.2) is 16.7 Å². The molecule has 1 aromatic heterocycles. The van der Waals surface area contributed by atoms with Gasteiger partial charge in [-0.05, 0) is 0 Å². The van der Waals surface area contributed by atoms with Crippen molar-refractivity contribution in [1.29, 1.82) is 0 Å². The third kappa shape index (κ3) is 1.18. The van der Waals surface area contributed by atoms with Crippen molar-refractivity contribution in [1.82, 2.24) is 0 Å². The van der Waals surface area contributed by atoms with Crippen molar-refractivity contribution in [2.24, 2.45) is 0 Å². The zero-order chi connectivity index (χ0) is 8.43. The molecule has 0 spiro atoms. The SMILES string of the molecule is O=C(O)c1occc1[N+](=O)[O-]. The molecule has 58 valence electrons. The Labute approximate surface area is 60.2 Å². The number of aromatic carboxylic acids is 1. The predicted molar refractivity (Wildman–Crippen MR) is 32.3 cm³/mol. The zero-order valence-corrected chi connectivity index (χ0v) is 5.18. The van der Waals surface area contributed by atoms with Crippen LogP contribution < -0.4 is 0 Å². The molecule has 0 fully saturated rings. The highest BCUT2D eigenvalue weighted by atomic mass is 16.6. The molecule has 0 aromatic carbocycles. The van der Waals surface area contributed by atoms with E-state index in [1.165, 1.54) is 0 Å². The molecular formula is C5H3NO5. The van der Waals surface area contributed by atoms with E-state index in [9.17, 15) is 14.9 Å². The number of rotatable bonds is 2. The van der Waals surface area contributed by atoms with Gasteiger partial charge in [-0.2, -0.15) is 0 Å². The molecule has 0 unspecified atom stereocenters. The van der Waals surface area contributed by atoms with Crippen molar-refractivity contribution < 1.29 is 19.2 Å². The summed E-state index contributed by atoms with van der Waals surface area (Å²) in [7, 11) is 0. The second-order valence-corrected chi connectivity index (χ2v) is 1.70. The first-order chi connectivity index (χ1) is 5.13. The number of furan rings is 1. The number of nitrogens with zero attached hydrogens (tertiary/aromatic N) is 1. The van der Waals surface area contributed by atoms with Crippen LogP contribution in [0.1, 0.15) is 10.6 Å². The first-order valence-corrected chi connectivity index (χ1v) is 2.58. The Morgan fingerprint density at radius 1 is 1.73 bits per heavy atom. The largest absolute Gasteiger partial charge is 0.475 e. The van der Waals surface area contributed by atoms with Gasteiger partial charge in [0.2, 0.25) is 0 Å². The van der Waals surface area contributed by atoms with E-state index >= 15 is 0 Å².